The maximum atomic E-state index is 15.9. The third kappa shape index (κ3) is 15.2. The van der Waals surface area contributed by atoms with Crippen molar-refractivity contribution in [3.8, 4) is 23.0 Å². The van der Waals surface area contributed by atoms with Crippen molar-refractivity contribution in [2.75, 3.05) is 13.1 Å². The van der Waals surface area contributed by atoms with E-state index >= 15 is 9.59 Å². The van der Waals surface area contributed by atoms with Crippen LogP contribution in [0, 0.1) is 6.92 Å². The zero-order valence-electron chi connectivity index (χ0n) is 46.7. The zero-order chi connectivity index (χ0) is 59.0. The molecular formula is C70H62N2O12S. The van der Waals surface area contributed by atoms with Gasteiger partial charge in [-0.2, -0.15) is 4.31 Å². The normalized spacial score (nSPS) is 14.2. The number of nitrogens with one attached hydrogen (secondary N) is 1. The van der Waals surface area contributed by atoms with Gasteiger partial charge in [0.2, 0.25) is 15.8 Å². The highest BCUT2D eigenvalue weighted by molar-refractivity contribution is 7.89. The lowest BCUT2D eigenvalue weighted by Crippen LogP contribution is -2.51. The molecule has 15 heteroatoms. The average Bonchev–Trinajstić information content (AvgIpc) is 3.86. The first kappa shape index (κ1) is 58.4. The molecule has 0 bridgehead atoms. The van der Waals surface area contributed by atoms with Gasteiger partial charge in [0.25, 0.3) is 5.91 Å². The van der Waals surface area contributed by atoms with Crippen molar-refractivity contribution < 1.29 is 56.0 Å². The number of nitrogens with zero attached hydrogens (tertiary/aromatic N) is 1. The fourth-order valence-corrected chi connectivity index (χ4v) is 11.2. The molecule has 1 fully saturated rings. The van der Waals surface area contributed by atoms with Crippen LogP contribution in [0.25, 0.3) is 0 Å². The average molecular weight is 1160 g/mol. The minimum atomic E-state index is -4.10. The number of sulfonamides is 1. The van der Waals surface area contributed by atoms with E-state index in [4.69, 9.17) is 28.4 Å². The van der Waals surface area contributed by atoms with Gasteiger partial charge < -0.3 is 33.7 Å². The van der Waals surface area contributed by atoms with Gasteiger partial charge in [0, 0.05) is 18.7 Å². The maximum Gasteiger partial charge on any atom is 0.339 e. The summed E-state index contributed by atoms with van der Waals surface area (Å²) >= 11 is 0. The SMILES string of the molecule is Cc1ccc(S(=O)(=O)N2CCC[C@@H](OC(=O)c3cc(OCc4ccccc4)c(C(=O)c4c(OCc5ccccc5)cccc4C(=O)OCc4ccccc4)c(OCc4ccccc4)c3)[C@H](NC(=O)c3ccc(OCc4ccccc4)cc3)C2)cc1. The molecule has 1 aliphatic rings. The number of hydrogen-bond acceptors (Lipinski definition) is 12. The molecule has 0 spiro atoms. The lowest BCUT2D eigenvalue weighted by Gasteiger charge is -2.29. The van der Waals surface area contributed by atoms with Crippen LogP contribution in [0.4, 0.5) is 0 Å². The number of ether oxygens (including phenoxy) is 6. The number of ketones is 1. The summed E-state index contributed by atoms with van der Waals surface area (Å²) in [7, 11) is -4.10. The largest absolute Gasteiger partial charge is 0.489 e. The van der Waals surface area contributed by atoms with Crippen LogP contribution in [0.15, 0.2) is 235 Å². The number of hydrogen-bond donors (Lipinski definition) is 1. The Morgan fingerprint density at radius 2 is 0.976 bits per heavy atom. The first-order valence-corrected chi connectivity index (χ1v) is 29.3. The smallest absolute Gasteiger partial charge is 0.339 e. The number of amides is 1. The fraction of sp³-hybridized carbons (Fsp3) is 0.171. The van der Waals surface area contributed by atoms with Gasteiger partial charge in [0.1, 0.15) is 67.7 Å². The topological polar surface area (TPSA) is 173 Å². The molecule has 1 aliphatic heterocycles. The van der Waals surface area contributed by atoms with E-state index < -0.39 is 45.8 Å². The Morgan fingerprint density at radius 1 is 0.494 bits per heavy atom. The number of carbonyl (C=O) groups is 4. The number of carbonyl (C=O) groups excluding carboxylic acids is 4. The van der Waals surface area contributed by atoms with E-state index in [1.54, 1.807) is 60.7 Å². The van der Waals surface area contributed by atoms with Gasteiger partial charge in [0.05, 0.1) is 27.6 Å². The molecule has 0 radical (unpaired) electrons. The summed E-state index contributed by atoms with van der Waals surface area (Å²) in [5.74, 6) is -2.54. The van der Waals surface area contributed by atoms with E-state index in [1.807, 2.05) is 159 Å². The summed E-state index contributed by atoms with van der Waals surface area (Å²) < 4.78 is 67.9. The van der Waals surface area contributed by atoms with Gasteiger partial charge in [-0.25, -0.2) is 18.0 Å². The van der Waals surface area contributed by atoms with Crippen LogP contribution in [0.1, 0.15) is 93.2 Å². The predicted octanol–water partition coefficient (Wildman–Crippen LogP) is 12.7. The number of benzene rings is 9. The summed E-state index contributed by atoms with van der Waals surface area (Å²) in [6.07, 6.45) is -0.670. The Labute approximate surface area is 494 Å². The van der Waals surface area contributed by atoms with Crippen molar-refractivity contribution in [1.29, 1.82) is 0 Å². The highest BCUT2D eigenvalue weighted by Gasteiger charge is 2.38. The molecule has 9 aromatic carbocycles. The molecule has 430 valence electrons. The third-order valence-electron chi connectivity index (χ3n) is 14.3. The maximum absolute atomic E-state index is 15.9. The lowest BCUT2D eigenvalue weighted by atomic mass is 9.94. The van der Waals surface area contributed by atoms with E-state index in [9.17, 15) is 18.0 Å². The molecule has 0 unspecified atom stereocenters. The molecule has 0 aliphatic carbocycles. The minimum Gasteiger partial charge on any atom is -0.489 e. The van der Waals surface area contributed by atoms with Crippen LogP contribution in [0.5, 0.6) is 23.0 Å². The number of rotatable bonds is 23. The highest BCUT2D eigenvalue weighted by atomic mass is 32.2. The van der Waals surface area contributed by atoms with Crippen molar-refractivity contribution in [2.45, 2.75) is 69.8 Å². The van der Waals surface area contributed by atoms with Crippen molar-refractivity contribution in [1.82, 2.24) is 9.62 Å². The van der Waals surface area contributed by atoms with Crippen molar-refractivity contribution >= 4 is 33.7 Å². The van der Waals surface area contributed by atoms with E-state index in [0.29, 0.717) is 12.4 Å². The van der Waals surface area contributed by atoms with E-state index in [1.165, 1.54) is 22.5 Å². The summed E-state index contributed by atoms with van der Waals surface area (Å²) in [5, 5.41) is 3.02. The molecule has 1 N–H and O–H groups in total. The standard InChI is InChI=1S/C70H62N2O12S/c1-49-32-38-58(39-33-49)85(77,78)72-40-18-31-61(60(43-72)71-68(74)55-34-36-57(37-35-55)79-44-50-19-7-2-8-20-50)84-69(75)56-41-63(81-46-52-23-11-4-12-24-52)66(64(42-56)82-47-53-25-13-5-14-26-53)67(73)65-59(70(76)83-48-54-27-15-6-16-28-54)29-17-30-62(65)80-45-51-21-9-3-10-22-51/h2-17,19-30,32-39,41-42,60-61H,18,31,40,43-48H2,1H3,(H,71,74)/t60-,61-/m1/s1. The van der Waals surface area contributed by atoms with E-state index in [0.717, 1.165) is 33.4 Å². The summed E-state index contributed by atoms with van der Waals surface area (Å²) in [5.41, 5.74) is 4.64. The molecule has 1 heterocycles. The Kier molecular flexibility index (Phi) is 19.2. The number of aryl methyl sites for hydroxylation is 1. The summed E-state index contributed by atoms with van der Waals surface area (Å²) in [6, 6.07) is 66.1. The Balaban J connectivity index is 1.02. The van der Waals surface area contributed by atoms with E-state index in [-0.39, 0.29) is 102 Å². The molecule has 85 heavy (non-hydrogen) atoms. The quantitative estimate of drug-likeness (QED) is 0.0475. The third-order valence-corrected chi connectivity index (χ3v) is 16.1. The minimum absolute atomic E-state index is 0.0395. The molecule has 14 nitrogen and oxygen atoms in total. The molecule has 0 saturated carbocycles. The van der Waals surface area contributed by atoms with Crippen LogP contribution in [-0.2, 0) is 52.5 Å². The Hall–Kier alpha value is -9.83. The fourth-order valence-electron chi connectivity index (χ4n) is 9.70. The van der Waals surface area contributed by atoms with Crippen molar-refractivity contribution in [3.05, 3.63) is 292 Å². The Bertz CT molecular complexity index is 3770. The predicted molar refractivity (Wildman–Crippen MR) is 321 cm³/mol. The molecule has 10 rings (SSSR count). The summed E-state index contributed by atoms with van der Waals surface area (Å²) in [6.45, 7) is 1.81. The molecular weight excluding hydrogens is 1090 g/mol. The zero-order valence-corrected chi connectivity index (χ0v) is 47.5. The lowest BCUT2D eigenvalue weighted by molar-refractivity contribution is 0.0184. The molecule has 1 saturated heterocycles. The molecule has 9 aromatic rings. The van der Waals surface area contributed by atoms with Gasteiger partial charge in [-0.1, -0.05) is 175 Å². The van der Waals surface area contributed by atoms with Gasteiger partial charge in [-0.15, -0.1) is 0 Å². The van der Waals surface area contributed by atoms with Crippen LogP contribution >= 0.6 is 0 Å². The summed E-state index contributed by atoms with van der Waals surface area (Å²) in [4.78, 5) is 59.8. The molecule has 0 aromatic heterocycles. The van der Waals surface area contributed by atoms with Gasteiger partial charge in [0.15, 0.2) is 0 Å². The first-order valence-electron chi connectivity index (χ1n) is 27.9. The van der Waals surface area contributed by atoms with Crippen LogP contribution in [0.2, 0.25) is 0 Å². The van der Waals surface area contributed by atoms with Crippen LogP contribution in [-0.4, -0.2) is 61.6 Å². The Morgan fingerprint density at radius 3 is 1.49 bits per heavy atom. The van der Waals surface area contributed by atoms with Crippen LogP contribution < -0.4 is 24.3 Å². The van der Waals surface area contributed by atoms with Crippen molar-refractivity contribution in [2.24, 2.45) is 0 Å². The first-order chi connectivity index (χ1) is 41.4. The monoisotopic (exact) mass is 1150 g/mol. The number of esters is 2. The highest BCUT2D eigenvalue weighted by Crippen LogP contribution is 2.39. The van der Waals surface area contributed by atoms with Crippen LogP contribution in [0.3, 0.4) is 0 Å². The second-order valence-electron chi connectivity index (χ2n) is 20.4. The molecule has 1 amide bonds. The van der Waals surface area contributed by atoms with Gasteiger partial charge in [-0.3, -0.25) is 9.59 Å². The van der Waals surface area contributed by atoms with Gasteiger partial charge in [-0.05, 0) is 108 Å². The second-order valence-corrected chi connectivity index (χ2v) is 22.3. The molecule has 2 atom stereocenters. The second kappa shape index (κ2) is 28.0. The van der Waals surface area contributed by atoms with E-state index in [2.05, 4.69) is 5.32 Å². The van der Waals surface area contributed by atoms with Crippen molar-refractivity contribution in [3.63, 3.8) is 0 Å². The van der Waals surface area contributed by atoms with Gasteiger partial charge >= 0.3 is 11.9 Å².